The SMILES string of the molecule is Cl.c1nn(C2CCNCC2)cc1COc1ccc(-n2cnnn2)cc1. The van der Waals surface area contributed by atoms with Gasteiger partial charge in [0.1, 0.15) is 18.7 Å². The van der Waals surface area contributed by atoms with Gasteiger partial charge in [-0.25, -0.2) is 4.68 Å². The lowest BCUT2D eigenvalue weighted by molar-refractivity contribution is 0.305. The first-order valence-electron chi connectivity index (χ1n) is 8.08. The molecule has 0 saturated carbocycles. The number of nitrogens with zero attached hydrogens (tertiary/aromatic N) is 6. The van der Waals surface area contributed by atoms with Gasteiger partial charge in [0.05, 0.1) is 17.9 Å². The minimum atomic E-state index is 0. The second-order valence-corrected chi connectivity index (χ2v) is 5.85. The largest absolute Gasteiger partial charge is 0.489 e. The fourth-order valence-electron chi connectivity index (χ4n) is 2.86. The summed E-state index contributed by atoms with van der Waals surface area (Å²) in [5.74, 6) is 0.807. The van der Waals surface area contributed by atoms with Crippen LogP contribution in [0.2, 0.25) is 0 Å². The van der Waals surface area contributed by atoms with Crippen molar-refractivity contribution in [1.29, 1.82) is 0 Å². The molecule has 0 amide bonds. The lowest BCUT2D eigenvalue weighted by Gasteiger charge is -2.22. The van der Waals surface area contributed by atoms with Crippen LogP contribution in [0.3, 0.4) is 0 Å². The first-order valence-corrected chi connectivity index (χ1v) is 8.08. The molecular formula is C16H20ClN7O. The third-order valence-corrected chi connectivity index (χ3v) is 4.19. The number of hydrogen-bond acceptors (Lipinski definition) is 6. The number of piperidine rings is 1. The Morgan fingerprint density at radius 2 is 1.96 bits per heavy atom. The fourth-order valence-corrected chi connectivity index (χ4v) is 2.86. The molecule has 3 heterocycles. The van der Waals surface area contributed by atoms with Gasteiger partial charge in [-0.15, -0.1) is 17.5 Å². The fraction of sp³-hybridized carbons (Fsp3) is 0.375. The molecule has 0 aliphatic carbocycles. The van der Waals surface area contributed by atoms with Crippen LogP contribution in [0, 0.1) is 0 Å². The van der Waals surface area contributed by atoms with Gasteiger partial charge in [-0.3, -0.25) is 4.68 Å². The van der Waals surface area contributed by atoms with Gasteiger partial charge in [-0.1, -0.05) is 0 Å². The highest BCUT2D eigenvalue weighted by Gasteiger charge is 2.15. The Morgan fingerprint density at radius 1 is 1.16 bits per heavy atom. The molecule has 3 aromatic rings. The molecule has 9 heteroatoms. The molecule has 0 unspecified atom stereocenters. The van der Waals surface area contributed by atoms with Crippen LogP contribution in [0.1, 0.15) is 24.4 Å². The maximum absolute atomic E-state index is 5.84. The molecule has 1 saturated heterocycles. The molecule has 4 rings (SSSR count). The second-order valence-electron chi connectivity index (χ2n) is 5.85. The van der Waals surface area contributed by atoms with Crippen LogP contribution in [0.25, 0.3) is 5.69 Å². The van der Waals surface area contributed by atoms with Crippen LogP contribution in [0.4, 0.5) is 0 Å². The van der Waals surface area contributed by atoms with E-state index in [9.17, 15) is 0 Å². The molecule has 8 nitrogen and oxygen atoms in total. The zero-order chi connectivity index (χ0) is 16.2. The van der Waals surface area contributed by atoms with E-state index in [2.05, 4.69) is 36.8 Å². The van der Waals surface area contributed by atoms with Gasteiger partial charge in [0.25, 0.3) is 0 Å². The van der Waals surface area contributed by atoms with E-state index in [1.165, 1.54) is 0 Å². The van der Waals surface area contributed by atoms with E-state index in [4.69, 9.17) is 4.74 Å². The van der Waals surface area contributed by atoms with E-state index in [0.717, 1.165) is 42.9 Å². The molecule has 0 spiro atoms. The van der Waals surface area contributed by atoms with Crippen molar-refractivity contribution < 1.29 is 4.74 Å². The molecule has 2 aromatic heterocycles. The molecule has 1 aromatic carbocycles. The summed E-state index contributed by atoms with van der Waals surface area (Å²) < 4.78 is 9.51. The summed E-state index contributed by atoms with van der Waals surface area (Å²) in [4.78, 5) is 0. The maximum atomic E-state index is 5.84. The smallest absolute Gasteiger partial charge is 0.143 e. The van der Waals surface area contributed by atoms with Crippen molar-refractivity contribution in [1.82, 2.24) is 35.3 Å². The van der Waals surface area contributed by atoms with E-state index in [-0.39, 0.29) is 12.4 Å². The summed E-state index contributed by atoms with van der Waals surface area (Å²) in [6.07, 6.45) is 7.79. The minimum absolute atomic E-state index is 0. The normalized spacial score (nSPS) is 14.9. The number of benzene rings is 1. The molecule has 0 radical (unpaired) electrons. The molecule has 0 bridgehead atoms. The lowest BCUT2D eigenvalue weighted by atomic mass is 10.1. The standard InChI is InChI=1S/C16H19N7O.ClH/c1-3-16(4-2-14(1)23-12-18-20-21-23)24-11-13-9-19-22(10-13)15-5-7-17-8-6-15;/h1-4,9-10,12,15,17H,5-8,11H2;1H. The van der Waals surface area contributed by atoms with Gasteiger partial charge < -0.3 is 10.1 Å². The number of tetrazole rings is 1. The second kappa shape index (κ2) is 8.09. The van der Waals surface area contributed by atoms with Crippen molar-refractivity contribution in [3.63, 3.8) is 0 Å². The van der Waals surface area contributed by atoms with Crippen molar-refractivity contribution in [2.45, 2.75) is 25.5 Å². The zero-order valence-electron chi connectivity index (χ0n) is 13.7. The van der Waals surface area contributed by atoms with E-state index in [1.54, 1.807) is 11.0 Å². The third kappa shape index (κ3) is 4.15. The summed E-state index contributed by atoms with van der Waals surface area (Å²) in [6.45, 7) is 2.63. The Labute approximate surface area is 151 Å². The van der Waals surface area contributed by atoms with E-state index < -0.39 is 0 Å². The van der Waals surface area contributed by atoms with E-state index in [1.807, 2.05) is 30.5 Å². The van der Waals surface area contributed by atoms with Crippen LogP contribution < -0.4 is 10.1 Å². The molecule has 1 aliphatic heterocycles. The van der Waals surface area contributed by atoms with Crippen LogP contribution >= 0.6 is 12.4 Å². The molecule has 25 heavy (non-hydrogen) atoms. The highest BCUT2D eigenvalue weighted by molar-refractivity contribution is 5.85. The molecule has 1 aliphatic rings. The Hall–Kier alpha value is -2.45. The van der Waals surface area contributed by atoms with Crippen LogP contribution in [-0.2, 0) is 6.61 Å². The number of ether oxygens (including phenoxy) is 1. The maximum Gasteiger partial charge on any atom is 0.143 e. The van der Waals surface area contributed by atoms with Crippen LogP contribution in [0.5, 0.6) is 5.75 Å². The van der Waals surface area contributed by atoms with Gasteiger partial charge in [-0.05, 0) is 60.6 Å². The Bertz CT molecular complexity index is 766. The summed E-state index contributed by atoms with van der Waals surface area (Å²) in [5.41, 5.74) is 1.98. The molecule has 1 N–H and O–H groups in total. The summed E-state index contributed by atoms with van der Waals surface area (Å²) in [6, 6.07) is 8.16. The third-order valence-electron chi connectivity index (χ3n) is 4.19. The van der Waals surface area contributed by atoms with Gasteiger partial charge in [0.15, 0.2) is 0 Å². The van der Waals surface area contributed by atoms with Crippen molar-refractivity contribution in [3.05, 3.63) is 48.5 Å². The average Bonchev–Trinajstić information content (AvgIpc) is 3.33. The highest BCUT2D eigenvalue weighted by Crippen LogP contribution is 2.19. The highest BCUT2D eigenvalue weighted by atomic mass is 35.5. The van der Waals surface area contributed by atoms with E-state index in [0.29, 0.717) is 12.6 Å². The number of halogens is 1. The number of rotatable bonds is 5. The predicted octanol–water partition coefficient (Wildman–Crippen LogP) is 1.78. The predicted molar refractivity (Wildman–Crippen MR) is 94.1 cm³/mol. The van der Waals surface area contributed by atoms with Crippen molar-refractivity contribution in [2.75, 3.05) is 13.1 Å². The van der Waals surface area contributed by atoms with Crippen molar-refractivity contribution in [2.24, 2.45) is 0 Å². The summed E-state index contributed by atoms with van der Waals surface area (Å²) in [5, 5.41) is 19.0. The first-order chi connectivity index (χ1) is 11.9. The Morgan fingerprint density at radius 3 is 2.68 bits per heavy atom. The first kappa shape index (κ1) is 17.4. The Kier molecular flexibility index (Phi) is 5.62. The number of nitrogens with one attached hydrogen (secondary N) is 1. The van der Waals surface area contributed by atoms with Gasteiger partial charge in [0.2, 0.25) is 0 Å². The molecule has 0 atom stereocenters. The van der Waals surface area contributed by atoms with Crippen LogP contribution in [-0.4, -0.2) is 43.1 Å². The molecule has 1 fully saturated rings. The van der Waals surface area contributed by atoms with Crippen molar-refractivity contribution in [3.8, 4) is 11.4 Å². The summed E-state index contributed by atoms with van der Waals surface area (Å²) >= 11 is 0. The summed E-state index contributed by atoms with van der Waals surface area (Å²) in [7, 11) is 0. The quantitative estimate of drug-likeness (QED) is 0.746. The van der Waals surface area contributed by atoms with Crippen molar-refractivity contribution >= 4 is 12.4 Å². The van der Waals surface area contributed by atoms with E-state index >= 15 is 0 Å². The molecule has 132 valence electrons. The lowest BCUT2D eigenvalue weighted by Crippen LogP contribution is -2.29. The zero-order valence-corrected chi connectivity index (χ0v) is 14.5. The van der Waals surface area contributed by atoms with Gasteiger partial charge in [-0.2, -0.15) is 5.10 Å². The molecular weight excluding hydrogens is 342 g/mol. The number of aromatic nitrogens is 6. The van der Waals surface area contributed by atoms with Gasteiger partial charge >= 0.3 is 0 Å². The monoisotopic (exact) mass is 361 g/mol. The number of hydrogen-bond donors (Lipinski definition) is 1. The average molecular weight is 362 g/mol. The minimum Gasteiger partial charge on any atom is -0.489 e. The Balaban J connectivity index is 0.00000182. The topological polar surface area (TPSA) is 82.7 Å². The van der Waals surface area contributed by atoms with Crippen LogP contribution in [0.15, 0.2) is 43.0 Å². The van der Waals surface area contributed by atoms with Gasteiger partial charge in [0, 0.05) is 11.8 Å².